The third-order valence-corrected chi connectivity index (χ3v) is 2.57. The summed E-state index contributed by atoms with van der Waals surface area (Å²) in [6, 6.07) is 0.738. The van der Waals surface area contributed by atoms with Gasteiger partial charge in [-0.2, -0.15) is 0 Å². The van der Waals surface area contributed by atoms with E-state index in [0.717, 1.165) is 25.7 Å². The summed E-state index contributed by atoms with van der Waals surface area (Å²) in [7, 11) is 0. The Hall–Kier alpha value is -1.43. The summed E-state index contributed by atoms with van der Waals surface area (Å²) in [6.07, 6.45) is 0. The number of nitrogen functional groups attached to an aromatic ring is 1. The van der Waals surface area contributed by atoms with Gasteiger partial charge in [-0.1, -0.05) is 13.8 Å². The molecular formula is C11H18F2N4. The topological polar surface area (TPSA) is 54.2 Å². The Morgan fingerprint density at radius 1 is 1.29 bits per heavy atom. The van der Waals surface area contributed by atoms with E-state index in [2.05, 4.69) is 29.0 Å². The lowest BCUT2D eigenvalue weighted by molar-refractivity contribution is 0.315. The molecule has 0 saturated carbocycles. The Morgan fingerprint density at radius 3 is 2.53 bits per heavy atom. The molecule has 0 atom stereocenters. The van der Waals surface area contributed by atoms with E-state index in [0.29, 0.717) is 6.54 Å². The van der Waals surface area contributed by atoms with Crippen LogP contribution in [-0.2, 0) is 0 Å². The van der Waals surface area contributed by atoms with Gasteiger partial charge in [0.2, 0.25) is 0 Å². The molecule has 1 heterocycles. The number of nitrogens with zero attached hydrogens (tertiary/aromatic N) is 2. The maximum absolute atomic E-state index is 13.3. The molecule has 3 N–H and O–H groups in total. The zero-order valence-electron chi connectivity index (χ0n) is 10.1. The highest BCUT2D eigenvalue weighted by Crippen LogP contribution is 2.16. The SMILES string of the molecule is CCN(CC)CCNc1nc(N)c(F)cc1F. The number of likely N-dealkylation sites (N-methyl/N-ethyl adjacent to an activating group) is 1. The maximum Gasteiger partial charge on any atom is 0.168 e. The van der Waals surface area contributed by atoms with Crippen LogP contribution in [0.1, 0.15) is 13.8 Å². The van der Waals surface area contributed by atoms with Crippen LogP contribution < -0.4 is 11.1 Å². The molecule has 0 aliphatic rings. The normalized spacial score (nSPS) is 10.9. The van der Waals surface area contributed by atoms with Gasteiger partial charge in [-0.15, -0.1) is 0 Å². The summed E-state index contributed by atoms with van der Waals surface area (Å²) in [5, 5.41) is 2.81. The Labute approximate surface area is 99.8 Å². The van der Waals surface area contributed by atoms with Crippen LogP contribution in [0.3, 0.4) is 0 Å². The van der Waals surface area contributed by atoms with Crippen molar-refractivity contribution in [2.75, 3.05) is 37.2 Å². The molecule has 4 nitrogen and oxygen atoms in total. The van der Waals surface area contributed by atoms with Crippen LogP contribution in [-0.4, -0.2) is 36.1 Å². The molecule has 1 rings (SSSR count). The number of anilines is 2. The summed E-state index contributed by atoms with van der Waals surface area (Å²) >= 11 is 0. The predicted molar refractivity (Wildman–Crippen MR) is 64.8 cm³/mol. The molecule has 0 fully saturated rings. The molecule has 0 radical (unpaired) electrons. The molecule has 0 amide bonds. The molecule has 0 unspecified atom stereocenters. The van der Waals surface area contributed by atoms with E-state index in [-0.39, 0.29) is 11.6 Å². The standard InChI is InChI=1S/C11H18F2N4/c1-3-17(4-2)6-5-15-11-9(13)7-8(12)10(14)16-11/h7H,3-6H2,1-2H3,(H3,14,15,16). The van der Waals surface area contributed by atoms with Crippen LogP contribution in [0.2, 0.25) is 0 Å². The molecule has 6 heteroatoms. The second kappa shape index (κ2) is 6.34. The molecule has 0 saturated heterocycles. The van der Waals surface area contributed by atoms with E-state index in [4.69, 9.17) is 5.73 Å². The molecular weight excluding hydrogens is 226 g/mol. The molecule has 1 aromatic rings. The van der Waals surface area contributed by atoms with Crippen molar-refractivity contribution in [2.45, 2.75) is 13.8 Å². The minimum absolute atomic E-state index is 0.00365. The second-order valence-corrected chi connectivity index (χ2v) is 3.64. The quantitative estimate of drug-likeness (QED) is 0.799. The number of nitrogens with one attached hydrogen (secondary N) is 1. The van der Waals surface area contributed by atoms with Crippen molar-refractivity contribution in [3.05, 3.63) is 17.7 Å². The van der Waals surface area contributed by atoms with E-state index in [1.165, 1.54) is 0 Å². The van der Waals surface area contributed by atoms with Crippen molar-refractivity contribution in [1.82, 2.24) is 9.88 Å². The minimum atomic E-state index is -0.836. The summed E-state index contributed by atoms with van der Waals surface area (Å²) in [5.41, 5.74) is 5.27. The van der Waals surface area contributed by atoms with Crippen LogP contribution in [0.5, 0.6) is 0 Å². The molecule has 0 bridgehead atoms. The van der Waals surface area contributed by atoms with Crippen LogP contribution in [0.25, 0.3) is 0 Å². The average Bonchev–Trinajstić information content (AvgIpc) is 2.31. The summed E-state index contributed by atoms with van der Waals surface area (Å²) < 4.78 is 26.1. The van der Waals surface area contributed by atoms with Gasteiger partial charge in [0.25, 0.3) is 0 Å². The molecule has 96 valence electrons. The fraction of sp³-hybridized carbons (Fsp3) is 0.545. The Morgan fingerprint density at radius 2 is 1.94 bits per heavy atom. The first-order valence-corrected chi connectivity index (χ1v) is 5.66. The Kier molecular flexibility index (Phi) is 5.09. The first-order chi connectivity index (χ1) is 8.08. The highest BCUT2D eigenvalue weighted by Gasteiger charge is 2.09. The molecule has 1 aromatic heterocycles. The maximum atomic E-state index is 13.3. The highest BCUT2D eigenvalue weighted by molar-refractivity contribution is 5.44. The number of hydrogen-bond acceptors (Lipinski definition) is 4. The van der Waals surface area contributed by atoms with Crippen molar-refractivity contribution in [3.63, 3.8) is 0 Å². The Balaban J connectivity index is 2.55. The number of halogens is 2. The van der Waals surface area contributed by atoms with E-state index in [1.54, 1.807) is 0 Å². The predicted octanol–water partition coefficient (Wildman–Crippen LogP) is 1.70. The van der Waals surface area contributed by atoms with Gasteiger partial charge in [0.1, 0.15) is 0 Å². The van der Waals surface area contributed by atoms with Gasteiger partial charge in [-0.3, -0.25) is 0 Å². The zero-order chi connectivity index (χ0) is 12.8. The van der Waals surface area contributed by atoms with Crippen molar-refractivity contribution in [1.29, 1.82) is 0 Å². The van der Waals surface area contributed by atoms with Gasteiger partial charge in [0.05, 0.1) is 0 Å². The van der Waals surface area contributed by atoms with Crippen LogP contribution in [0.4, 0.5) is 20.4 Å². The van der Waals surface area contributed by atoms with E-state index >= 15 is 0 Å². The summed E-state index contributed by atoms with van der Waals surface area (Å²) in [6.45, 7) is 7.28. The van der Waals surface area contributed by atoms with Crippen molar-refractivity contribution >= 4 is 11.6 Å². The largest absolute Gasteiger partial charge is 0.381 e. The first kappa shape index (κ1) is 13.6. The third kappa shape index (κ3) is 3.81. The van der Waals surface area contributed by atoms with Crippen LogP contribution in [0, 0.1) is 11.6 Å². The second-order valence-electron chi connectivity index (χ2n) is 3.64. The number of rotatable bonds is 6. The lowest BCUT2D eigenvalue weighted by atomic mass is 10.4. The first-order valence-electron chi connectivity index (χ1n) is 5.66. The molecule has 0 aromatic carbocycles. The fourth-order valence-electron chi connectivity index (χ4n) is 1.48. The van der Waals surface area contributed by atoms with Gasteiger partial charge >= 0.3 is 0 Å². The monoisotopic (exact) mass is 244 g/mol. The number of aromatic nitrogens is 1. The average molecular weight is 244 g/mol. The highest BCUT2D eigenvalue weighted by atomic mass is 19.1. The lowest BCUT2D eigenvalue weighted by Crippen LogP contribution is -2.29. The van der Waals surface area contributed by atoms with Crippen molar-refractivity contribution in [3.8, 4) is 0 Å². The van der Waals surface area contributed by atoms with Crippen LogP contribution in [0.15, 0.2) is 6.07 Å². The van der Waals surface area contributed by atoms with E-state index in [1.807, 2.05) is 0 Å². The van der Waals surface area contributed by atoms with Gasteiger partial charge < -0.3 is 16.0 Å². The Bertz CT molecular complexity index is 367. The summed E-state index contributed by atoms with van der Waals surface area (Å²) in [5.74, 6) is -1.86. The molecule has 0 spiro atoms. The van der Waals surface area contributed by atoms with Crippen molar-refractivity contribution < 1.29 is 8.78 Å². The fourth-order valence-corrected chi connectivity index (χ4v) is 1.48. The third-order valence-electron chi connectivity index (χ3n) is 2.57. The van der Waals surface area contributed by atoms with Crippen LogP contribution >= 0.6 is 0 Å². The zero-order valence-corrected chi connectivity index (χ0v) is 10.1. The van der Waals surface area contributed by atoms with E-state index < -0.39 is 11.6 Å². The number of nitrogens with two attached hydrogens (primary N) is 1. The molecule has 0 aliphatic carbocycles. The van der Waals surface area contributed by atoms with Gasteiger partial charge in [0.15, 0.2) is 23.3 Å². The lowest BCUT2D eigenvalue weighted by Gasteiger charge is -2.18. The van der Waals surface area contributed by atoms with Gasteiger partial charge in [0, 0.05) is 19.2 Å². The van der Waals surface area contributed by atoms with Gasteiger partial charge in [-0.05, 0) is 13.1 Å². The van der Waals surface area contributed by atoms with E-state index in [9.17, 15) is 8.78 Å². The minimum Gasteiger partial charge on any atom is -0.381 e. The smallest absolute Gasteiger partial charge is 0.168 e. The number of pyridine rings is 1. The van der Waals surface area contributed by atoms with Crippen molar-refractivity contribution in [2.24, 2.45) is 0 Å². The molecule has 17 heavy (non-hydrogen) atoms. The molecule has 0 aliphatic heterocycles. The number of hydrogen-bond donors (Lipinski definition) is 2. The van der Waals surface area contributed by atoms with Gasteiger partial charge in [-0.25, -0.2) is 13.8 Å². The summed E-state index contributed by atoms with van der Waals surface area (Å²) in [4.78, 5) is 5.80.